The molecule has 1 aromatic heterocycles. The summed E-state index contributed by atoms with van der Waals surface area (Å²) in [5, 5.41) is 4.62. The average molecular weight is 334 g/mol. The first-order chi connectivity index (χ1) is 8.33. The van der Waals surface area contributed by atoms with Gasteiger partial charge in [-0.1, -0.05) is 30.3 Å². The van der Waals surface area contributed by atoms with Gasteiger partial charge >= 0.3 is 0 Å². The van der Waals surface area contributed by atoms with E-state index in [1.54, 1.807) is 0 Å². The van der Waals surface area contributed by atoms with Crippen molar-refractivity contribution in [1.29, 1.82) is 0 Å². The molecule has 0 amide bonds. The van der Waals surface area contributed by atoms with E-state index in [1.807, 2.05) is 24.3 Å². The van der Waals surface area contributed by atoms with Crippen molar-refractivity contribution in [2.75, 3.05) is 5.32 Å². The molecule has 0 saturated carbocycles. The summed E-state index contributed by atoms with van der Waals surface area (Å²) < 4.78 is 1.21. The van der Waals surface area contributed by atoms with Crippen LogP contribution >= 0.6 is 22.6 Å². The minimum atomic E-state index is 1.02. The zero-order chi connectivity index (χ0) is 11.7. The van der Waals surface area contributed by atoms with Gasteiger partial charge in [0.05, 0.1) is 5.69 Å². The van der Waals surface area contributed by atoms with Crippen LogP contribution in [-0.2, 0) is 0 Å². The number of H-pyrrole nitrogens is 1. The molecule has 0 bridgehead atoms. The fourth-order valence-corrected chi connectivity index (χ4v) is 2.37. The third kappa shape index (κ3) is 2.15. The molecule has 17 heavy (non-hydrogen) atoms. The van der Waals surface area contributed by atoms with E-state index in [-0.39, 0.29) is 0 Å². The molecule has 0 aliphatic carbocycles. The van der Waals surface area contributed by atoms with Crippen molar-refractivity contribution < 1.29 is 0 Å². The number of halogens is 1. The number of benzene rings is 2. The minimum absolute atomic E-state index is 1.02. The van der Waals surface area contributed by atoms with Gasteiger partial charge in [0.25, 0.3) is 0 Å². The molecule has 0 aliphatic heterocycles. The highest BCUT2D eigenvalue weighted by molar-refractivity contribution is 14.1. The molecule has 0 spiro atoms. The van der Waals surface area contributed by atoms with Gasteiger partial charge in [0.15, 0.2) is 0 Å². The predicted octanol–water partition coefficient (Wildman–Crippen LogP) is 4.52. The van der Waals surface area contributed by atoms with Gasteiger partial charge in [-0.05, 0) is 46.9 Å². The Bertz CT molecular complexity index is 625. The van der Waals surface area contributed by atoms with Gasteiger partial charge in [0.1, 0.15) is 5.82 Å². The number of hydrogen-bond acceptors (Lipinski definition) is 1. The van der Waals surface area contributed by atoms with Gasteiger partial charge in [0, 0.05) is 14.5 Å². The van der Waals surface area contributed by atoms with Gasteiger partial charge in [-0.3, -0.25) is 0 Å². The molecule has 3 rings (SSSR count). The lowest BCUT2D eigenvalue weighted by molar-refractivity contribution is 1.41. The Morgan fingerprint density at radius 3 is 2.53 bits per heavy atom. The number of fused-ring (bicyclic) bond motifs is 1. The van der Waals surface area contributed by atoms with Gasteiger partial charge in [-0.15, -0.1) is 0 Å². The standard InChI is InChI=1S/C14H11IN2/c15-11-6-2-4-8-13(11)17-14-9-10-5-1-3-7-12(10)16-14/h1-9,16-17H. The lowest BCUT2D eigenvalue weighted by Crippen LogP contribution is -1.92. The Balaban J connectivity index is 1.98. The molecule has 0 aliphatic rings. The monoisotopic (exact) mass is 334 g/mol. The molecule has 0 fully saturated rings. The summed E-state index contributed by atoms with van der Waals surface area (Å²) in [4.78, 5) is 3.36. The van der Waals surface area contributed by atoms with Crippen LogP contribution < -0.4 is 5.32 Å². The van der Waals surface area contributed by atoms with E-state index in [0.717, 1.165) is 17.0 Å². The predicted molar refractivity (Wildman–Crippen MR) is 80.7 cm³/mol. The molecule has 2 N–H and O–H groups in total. The van der Waals surface area contributed by atoms with Gasteiger partial charge in [-0.2, -0.15) is 0 Å². The van der Waals surface area contributed by atoms with Crippen LogP contribution in [0.5, 0.6) is 0 Å². The smallest absolute Gasteiger partial charge is 0.108 e. The number of aromatic nitrogens is 1. The molecule has 3 heteroatoms. The molecule has 3 aromatic rings. The van der Waals surface area contributed by atoms with Crippen LogP contribution in [0.4, 0.5) is 11.5 Å². The van der Waals surface area contributed by atoms with Crippen LogP contribution in [0.2, 0.25) is 0 Å². The largest absolute Gasteiger partial charge is 0.341 e. The Morgan fingerprint density at radius 1 is 0.941 bits per heavy atom. The molecule has 84 valence electrons. The Morgan fingerprint density at radius 2 is 1.71 bits per heavy atom. The summed E-state index contributed by atoms with van der Waals surface area (Å²) in [7, 11) is 0. The first-order valence-electron chi connectivity index (χ1n) is 5.42. The number of anilines is 2. The van der Waals surface area contributed by atoms with Crippen molar-refractivity contribution in [2.24, 2.45) is 0 Å². The van der Waals surface area contributed by atoms with E-state index in [2.05, 4.69) is 63.2 Å². The molecule has 0 unspecified atom stereocenters. The zero-order valence-corrected chi connectivity index (χ0v) is 11.2. The third-order valence-corrected chi connectivity index (χ3v) is 3.61. The number of nitrogens with one attached hydrogen (secondary N) is 2. The second kappa shape index (κ2) is 4.41. The number of aromatic amines is 1. The number of rotatable bonds is 2. The summed E-state index contributed by atoms with van der Waals surface area (Å²) in [5.74, 6) is 1.02. The maximum Gasteiger partial charge on any atom is 0.108 e. The van der Waals surface area contributed by atoms with Gasteiger partial charge in [-0.25, -0.2) is 0 Å². The highest BCUT2D eigenvalue weighted by atomic mass is 127. The summed E-state index contributed by atoms with van der Waals surface area (Å²) in [6.07, 6.45) is 0. The summed E-state index contributed by atoms with van der Waals surface area (Å²) in [6.45, 7) is 0. The SMILES string of the molecule is Ic1ccccc1Nc1cc2ccccc2[nH]1. The number of hydrogen-bond donors (Lipinski definition) is 2. The molecule has 2 nitrogen and oxygen atoms in total. The number of para-hydroxylation sites is 2. The first kappa shape index (κ1) is 10.7. The van der Waals surface area contributed by atoms with Crippen molar-refractivity contribution in [3.05, 3.63) is 58.2 Å². The molecule has 0 atom stereocenters. The molecule has 0 radical (unpaired) electrons. The van der Waals surface area contributed by atoms with E-state index in [1.165, 1.54) is 8.96 Å². The van der Waals surface area contributed by atoms with E-state index >= 15 is 0 Å². The summed E-state index contributed by atoms with van der Waals surface area (Å²) in [6, 6.07) is 18.6. The van der Waals surface area contributed by atoms with Crippen molar-refractivity contribution in [3.63, 3.8) is 0 Å². The van der Waals surface area contributed by atoms with Crippen molar-refractivity contribution >= 4 is 45.0 Å². The van der Waals surface area contributed by atoms with Crippen LogP contribution in [0, 0.1) is 3.57 Å². The van der Waals surface area contributed by atoms with Crippen LogP contribution in [-0.4, -0.2) is 4.98 Å². The molecular formula is C14H11IN2. The molecule has 0 saturated heterocycles. The lowest BCUT2D eigenvalue weighted by Gasteiger charge is -2.05. The van der Waals surface area contributed by atoms with Crippen molar-refractivity contribution in [3.8, 4) is 0 Å². The Labute approximate surface area is 113 Å². The average Bonchev–Trinajstić information content (AvgIpc) is 2.74. The summed E-state index contributed by atoms with van der Waals surface area (Å²) in [5.41, 5.74) is 2.28. The quantitative estimate of drug-likeness (QED) is 0.663. The van der Waals surface area contributed by atoms with Crippen LogP contribution in [0.15, 0.2) is 54.6 Å². The highest BCUT2D eigenvalue weighted by Crippen LogP contribution is 2.24. The van der Waals surface area contributed by atoms with E-state index in [0.29, 0.717) is 0 Å². The van der Waals surface area contributed by atoms with Gasteiger partial charge in [0.2, 0.25) is 0 Å². The Hall–Kier alpha value is -1.49. The summed E-state index contributed by atoms with van der Waals surface area (Å²) >= 11 is 2.33. The van der Waals surface area contributed by atoms with Crippen LogP contribution in [0.25, 0.3) is 10.9 Å². The third-order valence-electron chi connectivity index (χ3n) is 2.67. The topological polar surface area (TPSA) is 27.8 Å². The highest BCUT2D eigenvalue weighted by Gasteiger charge is 2.02. The zero-order valence-electron chi connectivity index (χ0n) is 9.07. The second-order valence-electron chi connectivity index (χ2n) is 3.88. The minimum Gasteiger partial charge on any atom is -0.341 e. The fourth-order valence-electron chi connectivity index (χ4n) is 1.85. The lowest BCUT2D eigenvalue weighted by atomic mass is 10.2. The van der Waals surface area contributed by atoms with Crippen molar-refractivity contribution in [1.82, 2.24) is 4.98 Å². The first-order valence-corrected chi connectivity index (χ1v) is 6.50. The maximum atomic E-state index is 3.40. The van der Waals surface area contributed by atoms with E-state index in [9.17, 15) is 0 Å². The maximum absolute atomic E-state index is 3.40. The van der Waals surface area contributed by atoms with Crippen LogP contribution in [0.1, 0.15) is 0 Å². The van der Waals surface area contributed by atoms with E-state index in [4.69, 9.17) is 0 Å². The van der Waals surface area contributed by atoms with Crippen molar-refractivity contribution in [2.45, 2.75) is 0 Å². The van der Waals surface area contributed by atoms with Crippen LogP contribution in [0.3, 0.4) is 0 Å². The molecular weight excluding hydrogens is 323 g/mol. The second-order valence-corrected chi connectivity index (χ2v) is 5.04. The van der Waals surface area contributed by atoms with E-state index < -0.39 is 0 Å². The fraction of sp³-hybridized carbons (Fsp3) is 0. The molecule has 1 heterocycles. The normalized spacial score (nSPS) is 10.6. The molecule has 2 aromatic carbocycles. The Kier molecular flexibility index (Phi) is 2.76. The van der Waals surface area contributed by atoms with Gasteiger partial charge < -0.3 is 10.3 Å².